The van der Waals surface area contributed by atoms with E-state index in [1.54, 1.807) is 17.0 Å². The molecule has 3 heterocycles. The predicted molar refractivity (Wildman–Crippen MR) is 140 cm³/mol. The lowest BCUT2D eigenvalue weighted by atomic mass is 10.1. The zero-order chi connectivity index (χ0) is 29.1. The van der Waals surface area contributed by atoms with E-state index < -0.39 is 34.6 Å². The maximum atomic E-state index is 13.4. The Morgan fingerprint density at radius 3 is 2.34 bits per heavy atom. The van der Waals surface area contributed by atoms with Gasteiger partial charge in [0.1, 0.15) is 17.1 Å². The molecule has 1 aliphatic carbocycles. The number of urea groups is 1. The first kappa shape index (κ1) is 27.5. The quantitative estimate of drug-likeness (QED) is 0.295. The first-order valence-electron chi connectivity index (χ1n) is 13.2. The van der Waals surface area contributed by atoms with Crippen molar-refractivity contribution in [2.24, 2.45) is 0 Å². The summed E-state index contributed by atoms with van der Waals surface area (Å²) < 4.78 is 56.4. The standard InChI is InChI=1S/C28H25ClF4N4O4/c29-21-12-22(37-25(39)27(9-10-27)34-26(37)40)17(11-23(21)41-28(31,32)33)3-8-24(38)36-19-6-7-20(36)15-35(14-19)13-16-1-4-18(30)5-2-16/h1-5,8,11-12,19-20H,6-7,9-10,13-15H2,(H,34,40)/b8-3+. The van der Waals surface area contributed by atoms with Crippen LogP contribution in [0.3, 0.4) is 0 Å². The molecule has 0 aromatic heterocycles. The minimum atomic E-state index is -5.03. The van der Waals surface area contributed by atoms with E-state index in [-0.39, 0.29) is 35.1 Å². The summed E-state index contributed by atoms with van der Waals surface area (Å²) in [6.45, 7) is 1.86. The zero-order valence-corrected chi connectivity index (χ0v) is 22.3. The molecular weight excluding hydrogens is 568 g/mol. The Bertz CT molecular complexity index is 1430. The van der Waals surface area contributed by atoms with Gasteiger partial charge in [0.15, 0.2) is 0 Å². The van der Waals surface area contributed by atoms with E-state index in [0.717, 1.165) is 35.4 Å². The summed E-state index contributed by atoms with van der Waals surface area (Å²) in [5.41, 5.74) is -0.0996. The van der Waals surface area contributed by atoms with E-state index in [4.69, 9.17) is 11.6 Å². The summed E-state index contributed by atoms with van der Waals surface area (Å²) in [5, 5.41) is 2.17. The van der Waals surface area contributed by atoms with Gasteiger partial charge < -0.3 is 15.0 Å². The predicted octanol–water partition coefficient (Wildman–Crippen LogP) is 4.86. The number of hydrogen-bond donors (Lipinski definition) is 1. The number of piperazine rings is 1. The van der Waals surface area contributed by atoms with Crippen molar-refractivity contribution < 1.29 is 36.7 Å². The van der Waals surface area contributed by atoms with Crippen LogP contribution < -0.4 is 15.0 Å². The third kappa shape index (κ3) is 5.38. The molecule has 2 aromatic rings. The van der Waals surface area contributed by atoms with Crippen LogP contribution in [0.5, 0.6) is 5.75 Å². The fourth-order valence-corrected chi connectivity index (χ4v) is 6.16. The number of nitrogens with one attached hydrogen (secondary N) is 1. The molecule has 1 saturated carbocycles. The van der Waals surface area contributed by atoms with Gasteiger partial charge in [-0.1, -0.05) is 23.7 Å². The fourth-order valence-electron chi connectivity index (χ4n) is 5.97. The molecule has 2 aromatic carbocycles. The lowest BCUT2D eigenvalue weighted by Crippen LogP contribution is -2.55. The Balaban J connectivity index is 1.24. The van der Waals surface area contributed by atoms with E-state index in [1.807, 2.05) is 0 Å². The number of likely N-dealkylation sites (tertiary alicyclic amines) is 1. The summed E-state index contributed by atoms with van der Waals surface area (Å²) in [6.07, 6.45) is -0.0215. The number of rotatable bonds is 6. The second-order valence-corrected chi connectivity index (χ2v) is 11.2. The smallest absolute Gasteiger partial charge is 0.404 e. The molecule has 8 nitrogen and oxygen atoms in total. The van der Waals surface area contributed by atoms with Crippen molar-refractivity contribution in [3.63, 3.8) is 0 Å². The normalized spacial score (nSPS) is 23.5. The van der Waals surface area contributed by atoms with Crippen LogP contribution in [-0.4, -0.2) is 64.7 Å². The van der Waals surface area contributed by atoms with Gasteiger partial charge in [0, 0.05) is 43.4 Å². The van der Waals surface area contributed by atoms with Crippen molar-refractivity contribution in [1.82, 2.24) is 15.1 Å². The highest BCUT2D eigenvalue weighted by Crippen LogP contribution is 2.45. The molecule has 2 atom stereocenters. The lowest BCUT2D eigenvalue weighted by Gasteiger charge is -2.40. The van der Waals surface area contributed by atoms with E-state index in [2.05, 4.69) is 15.0 Å². The van der Waals surface area contributed by atoms with Crippen LogP contribution in [0.15, 0.2) is 42.5 Å². The van der Waals surface area contributed by atoms with Crippen molar-refractivity contribution in [2.45, 2.75) is 56.2 Å². The third-order valence-electron chi connectivity index (χ3n) is 8.00. The number of hydrogen-bond acceptors (Lipinski definition) is 5. The molecule has 1 N–H and O–H groups in total. The number of amides is 4. The molecular formula is C28H25ClF4N4O4. The lowest BCUT2D eigenvalue weighted by molar-refractivity contribution is -0.274. The number of anilines is 1. The summed E-state index contributed by atoms with van der Waals surface area (Å²) >= 11 is 6.06. The summed E-state index contributed by atoms with van der Waals surface area (Å²) in [5.74, 6) is -1.90. The minimum absolute atomic E-state index is 0.00880. The van der Waals surface area contributed by atoms with Crippen molar-refractivity contribution in [1.29, 1.82) is 0 Å². The molecule has 1 spiro atoms. The van der Waals surface area contributed by atoms with Crippen LogP contribution >= 0.6 is 11.6 Å². The van der Waals surface area contributed by atoms with Gasteiger partial charge in [-0.3, -0.25) is 14.5 Å². The van der Waals surface area contributed by atoms with Crippen LogP contribution in [0.1, 0.15) is 36.8 Å². The average molecular weight is 593 g/mol. The van der Waals surface area contributed by atoms with Gasteiger partial charge >= 0.3 is 12.4 Å². The largest absolute Gasteiger partial charge is 0.573 e. The third-order valence-corrected chi connectivity index (χ3v) is 8.29. The Kier molecular flexibility index (Phi) is 6.73. The molecule has 13 heteroatoms. The number of nitrogens with zero attached hydrogens (tertiary/aromatic N) is 3. The molecule has 3 aliphatic heterocycles. The van der Waals surface area contributed by atoms with Crippen LogP contribution in [-0.2, 0) is 16.1 Å². The molecule has 3 saturated heterocycles. The topological polar surface area (TPSA) is 82.2 Å². The average Bonchev–Trinajstić information content (AvgIpc) is 3.57. The minimum Gasteiger partial charge on any atom is -0.404 e. The van der Waals surface area contributed by atoms with Crippen molar-refractivity contribution in [3.05, 3.63) is 64.4 Å². The molecule has 216 valence electrons. The maximum Gasteiger partial charge on any atom is 0.573 e. The van der Waals surface area contributed by atoms with Crippen LogP contribution in [0.2, 0.25) is 5.02 Å². The number of halogens is 5. The highest BCUT2D eigenvalue weighted by Gasteiger charge is 2.60. The Morgan fingerprint density at radius 2 is 1.76 bits per heavy atom. The van der Waals surface area contributed by atoms with E-state index in [1.165, 1.54) is 24.3 Å². The molecule has 4 fully saturated rings. The van der Waals surface area contributed by atoms with Gasteiger partial charge in [-0.2, -0.15) is 0 Å². The SMILES string of the molecule is O=C1NC2(CC2)C(=O)N1c1cc(Cl)c(OC(F)(F)F)cc1/C=C/C(=O)N1C2CCC1CN(Cc1ccc(F)cc1)C2. The molecule has 41 heavy (non-hydrogen) atoms. The summed E-state index contributed by atoms with van der Waals surface area (Å²) in [4.78, 5) is 43.9. The van der Waals surface area contributed by atoms with Gasteiger partial charge in [0.25, 0.3) is 5.91 Å². The van der Waals surface area contributed by atoms with Crippen molar-refractivity contribution in [2.75, 3.05) is 18.0 Å². The zero-order valence-electron chi connectivity index (χ0n) is 21.6. The summed E-state index contributed by atoms with van der Waals surface area (Å²) in [6, 6.07) is 7.45. The van der Waals surface area contributed by atoms with Crippen LogP contribution in [0.4, 0.5) is 28.0 Å². The molecule has 4 amide bonds. The monoisotopic (exact) mass is 592 g/mol. The number of carbonyl (C=O) groups excluding carboxylic acids is 3. The van der Waals surface area contributed by atoms with E-state index in [0.29, 0.717) is 32.5 Å². The van der Waals surface area contributed by atoms with Crippen molar-refractivity contribution in [3.8, 4) is 5.75 Å². The number of benzene rings is 2. The second kappa shape index (κ2) is 10.0. The van der Waals surface area contributed by atoms with Gasteiger partial charge in [-0.05, 0) is 61.6 Å². The highest BCUT2D eigenvalue weighted by atomic mass is 35.5. The van der Waals surface area contributed by atoms with Gasteiger partial charge in [0.2, 0.25) is 5.91 Å². The van der Waals surface area contributed by atoms with E-state index >= 15 is 0 Å². The Morgan fingerprint density at radius 1 is 1.10 bits per heavy atom. The number of carbonyl (C=O) groups is 3. The number of alkyl halides is 3. The number of imide groups is 1. The maximum absolute atomic E-state index is 13.4. The molecule has 2 bridgehead atoms. The van der Waals surface area contributed by atoms with Crippen LogP contribution in [0.25, 0.3) is 6.08 Å². The number of ether oxygens (including phenoxy) is 1. The highest BCUT2D eigenvalue weighted by molar-refractivity contribution is 6.33. The molecule has 2 unspecified atom stereocenters. The fraction of sp³-hybridized carbons (Fsp3) is 0.393. The van der Waals surface area contributed by atoms with E-state index in [9.17, 15) is 31.9 Å². The number of fused-ring (bicyclic) bond motifs is 2. The summed E-state index contributed by atoms with van der Waals surface area (Å²) in [7, 11) is 0. The molecule has 0 radical (unpaired) electrons. The Labute approximate surface area is 237 Å². The molecule has 6 rings (SSSR count). The molecule has 4 aliphatic rings. The van der Waals surface area contributed by atoms with Gasteiger partial charge in [-0.15, -0.1) is 13.2 Å². The van der Waals surface area contributed by atoms with Gasteiger partial charge in [-0.25, -0.2) is 14.1 Å². The van der Waals surface area contributed by atoms with Crippen LogP contribution in [0, 0.1) is 5.82 Å². The first-order valence-corrected chi connectivity index (χ1v) is 13.5. The first-order chi connectivity index (χ1) is 19.4. The second-order valence-electron chi connectivity index (χ2n) is 10.8. The van der Waals surface area contributed by atoms with Crippen molar-refractivity contribution >= 4 is 41.2 Å². The van der Waals surface area contributed by atoms with Gasteiger partial charge in [0.05, 0.1) is 10.7 Å². The Hall–Kier alpha value is -3.64.